The molecule has 0 aromatic carbocycles. The van der Waals surface area contributed by atoms with Crippen molar-refractivity contribution in [1.29, 1.82) is 0 Å². The first-order valence-corrected chi connectivity index (χ1v) is 6.67. The minimum Gasteiger partial charge on any atom is -0.367 e. The summed E-state index contributed by atoms with van der Waals surface area (Å²) in [6.45, 7) is 0. The standard InChI is InChI=1S/C11H13IN4/c12-9-7-11(14-8-3-1-2-4-8)16-10(15-9)5-6-13-16/h5-8,14H,1-4H2. The zero-order valence-corrected chi connectivity index (χ0v) is 11.0. The van der Waals surface area contributed by atoms with Crippen LogP contribution in [-0.2, 0) is 0 Å². The van der Waals surface area contributed by atoms with E-state index in [4.69, 9.17) is 0 Å². The molecule has 1 aliphatic carbocycles. The predicted molar refractivity (Wildman–Crippen MR) is 71.6 cm³/mol. The van der Waals surface area contributed by atoms with Crippen LogP contribution < -0.4 is 5.32 Å². The monoisotopic (exact) mass is 328 g/mol. The maximum atomic E-state index is 4.42. The molecule has 1 N–H and O–H groups in total. The van der Waals surface area contributed by atoms with Crippen LogP contribution in [0.15, 0.2) is 18.3 Å². The Balaban J connectivity index is 1.97. The van der Waals surface area contributed by atoms with Gasteiger partial charge in [-0.25, -0.2) is 4.98 Å². The molecule has 4 nitrogen and oxygen atoms in total. The van der Waals surface area contributed by atoms with Crippen LogP contribution >= 0.6 is 22.6 Å². The van der Waals surface area contributed by atoms with Crippen molar-refractivity contribution in [1.82, 2.24) is 14.6 Å². The first-order chi connectivity index (χ1) is 7.83. The number of anilines is 1. The third-order valence-electron chi connectivity index (χ3n) is 3.04. The van der Waals surface area contributed by atoms with E-state index in [-0.39, 0.29) is 0 Å². The van der Waals surface area contributed by atoms with Crippen LogP contribution in [0.1, 0.15) is 25.7 Å². The van der Waals surface area contributed by atoms with Crippen LogP contribution in [0.2, 0.25) is 0 Å². The lowest BCUT2D eigenvalue weighted by Crippen LogP contribution is -2.17. The highest BCUT2D eigenvalue weighted by atomic mass is 127. The molecule has 0 bridgehead atoms. The molecule has 0 radical (unpaired) electrons. The molecular weight excluding hydrogens is 315 g/mol. The molecule has 2 aromatic rings. The molecule has 0 spiro atoms. The number of nitrogens with zero attached hydrogens (tertiary/aromatic N) is 3. The molecule has 2 aromatic heterocycles. The fourth-order valence-corrected chi connectivity index (χ4v) is 2.81. The van der Waals surface area contributed by atoms with E-state index in [1.165, 1.54) is 25.7 Å². The van der Waals surface area contributed by atoms with Crippen LogP contribution in [-0.4, -0.2) is 20.6 Å². The highest BCUT2D eigenvalue weighted by molar-refractivity contribution is 14.1. The highest BCUT2D eigenvalue weighted by Crippen LogP contribution is 2.23. The van der Waals surface area contributed by atoms with Gasteiger partial charge in [0.2, 0.25) is 0 Å². The van der Waals surface area contributed by atoms with Crippen LogP contribution in [0.3, 0.4) is 0 Å². The first-order valence-electron chi connectivity index (χ1n) is 5.60. The molecule has 0 amide bonds. The smallest absolute Gasteiger partial charge is 0.158 e. The largest absolute Gasteiger partial charge is 0.367 e. The van der Waals surface area contributed by atoms with E-state index in [0.29, 0.717) is 6.04 Å². The summed E-state index contributed by atoms with van der Waals surface area (Å²) in [5, 5.41) is 7.86. The number of hydrogen-bond donors (Lipinski definition) is 1. The molecule has 1 saturated carbocycles. The molecule has 84 valence electrons. The zero-order chi connectivity index (χ0) is 11.0. The molecule has 0 unspecified atom stereocenters. The Morgan fingerprint density at radius 1 is 1.38 bits per heavy atom. The third-order valence-corrected chi connectivity index (χ3v) is 3.59. The summed E-state index contributed by atoms with van der Waals surface area (Å²) in [7, 11) is 0. The molecular formula is C11H13IN4. The fraction of sp³-hybridized carbons (Fsp3) is 0.455. The molecule has 3 rings (SSSR count). The number of halogens is 1. The number of hydrogen-bond acceptors (Lipinski definition) is 3. The van der Waals surface area contributed by atoms with Crippen molar-refractivity contribution >= 4 is 34.1 Å². The van der Waals surface area contributed by atoms with E-state index < -0.39 is 0 Å². The average Bonchev–Trinajstić information content (AvgIpc) is 2.87. The summed E-state index contributed by atoms with van der Waals surface area (Å²) in [5.41, 5.74) is 0.910. The van der Waals surface area contributed by atoms with Gasteiger partial charge in [-0.05, 0) is 35.4 Å². The van der Waals surface area contributed by atoms with Crippen LogP contribution in [0, 0.1) is 3.70 Å². The van der Waals surface area contributed by atoms with Crippen molar-refractivity contribution in [3.63, 3.8) is 0 Å². The number of rotatable bonds is 2. The molecule has 2 heterocycles. The Hall–Kier alpha value is -0.850. The van der Waals surface area contributed by atoms with Crippen LogP contribution in [0.25, 0.3) is 5.65 Å². The second kappa shape index (κ2) is 4.20. The van der Waals surface area contributed by atoms with Gasteiger partial charge in [0.25, 0.3) is 0 Å². The molecule has 1 fully saturated rings. The van der Waals surface area contributed by atoms with E-state index in [9.17, 15) is 0 Å². The summed E-state index contributed by atoms with van der Waals surface area (Å²) < 4.78 is 2.88. The summed E-state index contributed by atoms with van der Waals surface area (Å²) in [6, 6.07) is 4.59. The van der Waals surface area contributed by atoms with E-state index >= 15 is 0 Å². The molecule has 0 atom stereocenters. The Morgan fingerprint density at radius 2 is 2.19 bits per heavy atom. The fourth-order valence-electron chi connectivity index (χ4n) is 2.26. The number of aromatic nitrogens is 3. The van der Waals surface area contributed by atoms with Crippen LogP contribution in [0.4, 0.5) is 5.82 Å². The van der Waals surface area contributed by atoms with Crippen molar-refractivity contribution in [2.75, 3.05) is 5.32 Å². The topological polar surface area (TPSA) is 42.2 Å². The van der Waals surface area contributed by atoms with E-state index in [1.54, 1.807) is 6.20 Å². The normalized spacial score (nSPS) is 17.1. The van der Waals surface area contributed by atoms with E-state index in [1.807, 2.05) is 10.6 Å². The lowest BCUT2D eigenvalue weighted by Gasteiger charge is -2.14. The van der Waals surface area contributed by atoms with Gasteiger partial charge in [-0.1, -0.05) is 12.8 Å². The quantitative estimate of drug-likeness (QED) is 0.681. The number of fused-ring (bicyclic) bond motifs is 1. The maximum Gasteiger partial charge on any atom is 0.158 e. The molecule has 0 aliphatic heterocycles. The van der Waals surface area contributed by atoms with Gasteiger partial charge in [0.1, 0.15) is 9.52 Å². The lowest BCUT2D eigenvalue weighted by molar-refractivity contribution is 0.740. The predicted octanol–water partition coefficient (Wildman–Crippen LogP) is 2.69. The Morgan fingerprint density at radius 3 is 3.00 bits per heavy atom. The van der Waals surface area contributed by atoms with Gasteiger partial charge in [-0.15, -0.1) is 0 Å². The zero-order valence-electron chi connectivity index (χ0n) is 8.86. The highest BCUT2D eigenvalue weighted by Gasteiger charge is 2.16. The Labute approximate surface area is 108 Å². The van der Waals surface area contributed by atoms with Gasteiger partial charge < -0.3 is 5.32 Å². The Bertz CT molecular complexity index is 502. The molecule has 5 heteroatoms. The molecule has 16 heavy (non-hydrogen) atoms. The lowest BCUT2D eigenvalue weighted by atomic mass is 10.2. The molecule has 1 aliphatic rings. The van der Waals surface area contributed by atoms with Gasteiger partial charge >= 0.3 is 0 Å². The first kappa shape index (κ1) is 10.3. The van der Waals surface area contributed by atoms with Gasteiger partial charge in [0.15, 0.2) is 5.65 Å². The summed E-state index contributed by atoms with van der Waals surface area (Å²) in [5.74, 6) is 1.06. The van der Waals surface area contributed by atoms with Gasteiger partial charge in [0.05, 0.1) is 6.20 Å². The minimum atomic E-state index is 0.602. The van der Waals surface area contributed by atoms with Crippen molar-refractivity contribution in [2.24, 2.45) is 0 Å². The SMILES string of the molecule is Ic1cc(NC2CCCC2)n2nccc2n1. The second-order valence-corrected chi connectivity index (χ2v) is 5.30. The van der Waals surface area contributed by atoms with Crippen molar-refractivity contribution in [2.45, 2.75) is 31.7 Å². The van der Waals surface area contributed by atoms with E-state index in [2.05, 4.69) is 44.1 Å². The third kappa shape index (κ3) is 1.88. The second-order valence-electron chi connectivity index (χ2n) is 4.19. The van der Waals surface area contributed by atoms with E-state index in [0.717, 1.165) is 15.2 Å². The number of nitrogens with one attached hydrogen (secondary N) is 1. The molecule has 0 saturated heterocycles. The van der Waals surface area contributed by atoms with Crippen molar-refractivity contribution in [3.8, 4) is 0 Å². The van der Waals surface area contributed by atoms with Crippen molar-refractivity contribution < 1.29 is 0 Å². The average molecular weight is 328 g/mol. The van der Waals surface area contributed by atoms with Crippen LogP contribution in [0.5, 0.6) is 0 Å². The summed E-state index contributed by atoms with van der Waals surface area (Å²) in [4.78, 5) is 4.42. The van der Waals surface area contributed by atoms with Gasteiger partial charge in [0, 0.05) is 18.2 Å². The van der Waals surface area contributed by atoms with Gasteiger partial charge in [-0.2, -0.15) is 9.61 Å². The summed E-state index contributed by atoms with van der Waals surface area (Å²) >= 11 is 2.25. The maximum absolute atomic E-state index is 4.42. The Kier molecular flexibility index (Phi) is 2.70. The summed E-state index contributed by atoms with van der Waals surface area (Å²) in [6.07, 6.45) is 6.99. The van der Waals surface area contributed by atoms with Crippen molar-refractivity contribution in [3.05, 3.63) is 22.0 Å². The van der Waals surface area contributed by atoms with Gasteiger partial charge in [-0.3, -0.25) is 0 Å². The minimum absolute atomic E-state index is 0.602.